The van der Waals surface area contributed by atoms with E-state index in [-0.39, 0.29) is 12.3 Å². The molecule has 0 spiro atoms. The van der Waals surface area contributed by atoms with E-state index in [1.54, 1.807) is 24.7 Å². The van der Waals surface area contributed by atoms with Crippen LogP contribution in [0, 0.1) is 6.92 Å². The minimum atomic E-state index is -0.134. The summed E-state index contributed by atoms with van der Waals surface area (Å²) >= 11 is 1.47. The third-order valence-corrected chi connectivity index (χ3v) is 3.73. The number of amides is 1. The molecular formula is C14H13N5O2S. The first-order chi connectivity index (χ1) is 10.7. The van der Waals surface area contributed by atoms with Crippen LogP contribution in [-0.4, -0.2) is 26.0 Å². The van der Waals surface area contributed by atoms with Crippen LogP contribution in [0.3, 0.4) is 0 Å². The van der Waals surface area contributed by atoms with Crippen LogP contribution in [0.2, 0.25) is 0 Å². The minimum absolute atomic E-state index is 0.134. The Morgan fingerprint density at radius 3 is 3.05 bits per heavy atom. The molecule has 0 saturated heterocycles. The maximum absolute atomic E-state index is 11.8. The maximum Gasteiger partial charge on any atom is 0.228 e. The molecule has 0 unspecified atom stereocenters. The number of nitrogens with one attached hydrogen (secondary N) is 1. The highest BCUT2D eigenvalue weighted by molar-refractivity contribution is 7.13. The van der Waals surface area contributed by atoms with Gasteiger partial charge in [-0.2, -0.15) is 0 Å². The number of nitrogens with zero attached hydrogens (tertiary/aromatic N) is 4. The summed E-state index contributed by atoms with van der Waals surface area (Å²) in [5.41, 5.74) is 2.27. The van der Waals surface area contributed by atoms with Gasteiger partial charge in [0.15, 0.2) is 0 Å². The Morgan fingerprint density at radius 1 is 1.41 bits per heavy atom. The van der Waals surface area contributed by atoms with Gasteiger partial charge in [0.2, 0.25) is 5.91 Å². The lowest BCUT2D eigenvalue weighted by Crippen LogP contribution is -2.24. The second-order valence-electron chi connectivity index (χ2n) is 4.62. The molecule has 8 heteroatoms. The van der Waals surface area contributed by atoms with Crippen LogP contribution in [-0.2, 0) is 17.8 Å². The number of rotatable bonds is 5. The van der Waals surface area contributed by atoms with Crippen molar-refractivity contribution in [2.45, 2.75) is 19.9 Å². The molecule has 0 atom stereocenters. The zero-order valence-electron chi connectivity index (χ0n) is 11.8. The summed E-state index contributed by atoms with van der Waals surface area (Å²) in [4.78, 5) is 24.5. The molecule has 1 N–H and O–H groups in total. The average molecular weight is 315 g/mol. The number of carbonyl (C=O) groups excluding carboxylic acids is 1. The first-order valence-corrected chi connectivity index (χ1v) is 7.48. The highest BCUT2D eigenvalue weighted by atomic mass is 32.1. The molecule has 0 fully saturated rings. The number of carbonyl (C=O) groups is 1. The lowest BCUT2D eigenvalue weighted by atomic mass is 10.3. The van der Waals surface area contributed by atoms with Gasteiger partial charge in [-0.3, -0.25) is 14.8 Å². The van der Waals surface area contributed by atoms with Crippen LogP contribution < -0.4 is 5.32 Å². The molecule has 0 aliphatic carbocycles. The van der Waals surface area contributed by atoms with Gasteiger partial charge < -0.3 is 9.84 Å². The molecular weight excluding hydrogens is 302 g/mol. The van der Waals surface area contributed by atoms with Crippen molar-refractivity contribution >= 4 is 17.2 Å². The Kier molecular flexibility index (Phi) is 4.19. The van der Waals surface area contributed by atoms with Gasteiger partial charge in [-0.15, -0.1) is 11.3 Å². The van der Waals surface area contributed by atoms with Crippen LogP contribution in [0.4, 0.5) is 0 Å². The largest absolute Gasteiger partial charge is 0.361 e. The standard InChI is InChI=1S/C14H13N5O2S/c1-9-4-11(21-19-9)5-13(20)17-6-10-8-22-14(18-10)12-7-15-2-3-16-12/h2-4,7-8H,5-6H2,1H3,(H,17,20). The molecule has 0 aliphatic heterocycles. The highest BCUT2D eigenvalue weighted by Gasteiger charge is 2.10. The molecule has 0 bridgehead atoms. The second-order valence-corrected chi connectivity index (χ2v) is 5.48. The van der Waals surface area contributed by atoms with E-state index < -0.39 is 0 Å². The number of aryl methyl sites for hydroxylation is 1. The maximum atomic E-state index is 11.8. The fraction of sp³-hybridized carbons (Fsp3) is 0.214. The zero-order chi connectivity index (χ0) is 15.4. The van der Waals surface area contributed by atoms with E-state index in [2.05, 4.69) is 25.4 Å². The van der Waals surface area contributed by atoms with Crippen molar-refractivity contribution in [3.8, 4) is 10.7 Å². The summed E-state index contributed by atoms with van der Waals surface area (Å²) in [6, 6.07) is 1.74. The lowest BCUT2D eigenvalue weighted by molar-refractivity contribution is -0.120. The molecule has 0 saturated carbocycles. The van der Waals surface area contributed by atoms with Crippen molar-refractivity contribution in [2.75, 3.05) is 0 Å². The quantitative estimate of drug-likeness (QED) is 0.771. The van der Waals surface area contributed by atoms with Crippen LogP contribution in [0.15, 0.2) is 34.6 Å². The molecule has 112 valence electrons. The number of aromatic nitrogens is 4. The van der Waals surface area contributed by atoms with Crippen molar-refractivity contribution in [1.29, 1.82) is 0 Å². The predicted octanol–water partition coefficient (Wildman–Crippen LogP) is 1.76. The Bertz CT molecular complexity index is 768. The Balaban J connectivity index is 1.56. The summed E-state index contributed by atoms with van der Waals surface area (Å²) < 4.78 is 5.01. The molecule has 3 aromatic rings. The van der Waals surface area contributed by atoms with E-state index in [1.165, 1.54) is 11.3 Å². The van der Waals surface area contributed by atoms with Gasteiger partial charge in [0, 0.05) is 23.8 Å². The monoisotopic (exact) mass is 315 g/mol. The first kappa shape index (κ1) is 14.3. The van der Waals surface area contributed by atoms with Gasteiger partial charge in [-0.05, 0) is 6.92 Å². The molecule has 0 radical (unpaired) electrons. The number of hydrogen-bond donors (Lipinski definition) is 1. The number of hydrogen-bond acceptors (Lipinski definition) is 7. The third kappa shape index (κ3) is 3.53. The van der Waals surface area contributed by atoms with E-state index >= 15 is 0 Å². The van der Waals surface area contributed by atoms with Gasteiger partial charge in [0.1, 0.15) is 16.5 Å². The van der Waals surface area contributed by atoms with Crippen molar-refractivity contribution < 1.29 is 9.32 Å². The van der Waals surface area contributed by atoms with E-state index in [0.717, 1.165) is 22.1 Å². The van der Waals surface area contributed by atoms with Crippen molar-refractivity contribution in [2.24, 2.45) is 0 Å². The summed E-state index contributed by atoms with van der Waals surface area (Å²) in [6.45, 7) is 2.18. The third-order valence-electron chi connectivity index (χ3n) is 2.81. The number of thiazole rings is 1. The molecule has 1 amide bonds. The molecule has 0 aromatic carbocycles. The minimum Gasteiger partial charge on any atom is -0.361 e. The summed E-state index contributed by atoms with van der Waals surface area (Å²) in [7, 11) is 0. The van der Waals surface area contributed by atoms with E-state index in [4.69, 9.17) is 4.52 Å². The van der Waals surface area contributed by atoms with E-state index in [1.807, 2.05) is 12.3 Å². The molecule has 3 rings (SSSR count). The van der Waals surface area contributed by atoms with Gasteiger partial charge in [0.05, 0.1) is 30.6 Å². The van der Waals surface area contributed by atoms with Gasteiger partial charge in [-0.1, -0.05) is 5.16 Å². The van der Waals surface area contributed by atoms with Gasteiger partial charge in [0.25, 0.3) is 0 Å². The molecule has 0 aliphatic rings. The summed E-state index contributed by atoms with van der Waals surface area (Å²) in [5, 5.41) is 9.22. The van der Waals surface area contributed by atoms with Crippen LogP contribution in [0.5, 0.6) is 0 Å². The van der Waals surface area contributed by atoms with Crippen LogP contribution >= 0.6 is 11.3 Å². The average Bonchev–Trinajstić information content (AvgIpc) is 3.15. The fourth-order valence-corrected chi connectivity index (χ4v) is 2.60. The molecule has 22 heavy (non-hydrogen) atoms. The van der Waals surface area contributed by atoms with Crippen molar-refractivity contribution in [3.63, 3.8) is 0 Å². The molecule has 3 aromatic heterocycles. The normalized spacial score (nSPS) is 10.6. The Hall–Kier alpha value is -2.61. The fourth-order valence-electron chi connectivity index (χ4n) is 1.82. The van der Waals surface area contributed by atoms with Crippen LogP contribution in [0.25, 0.3) is 10.7 Å². The zero-order valence-corrected chi connectivity index (χ0v) is 12.6. The second kappa shape index (κ2) is 6.44. The Morgan fingerprint density at radius 2 is 2.32 bits per heavy atom. The van der Waals surface area contributed by atoms with Crippen molar-refractivity contribution in [3.05, 3.63) is 47.2 Å². The first-order valence-electron chi connectivity index (χ1n) is 6.60. The van der Waals surface area contributed by atoms with E-state index in [9.17, 15) is 4.79 Å². The lowest BCUT2D eigenvalue weighted by Gasteiger charge is -2.00. The molecule has 7 nitrogen and oxygen atoms in total. The van der Waals surface area contributed by atoms with Gasteiger partial charge >= 0.3 is 0 Å². The summed E-state index contributed by atoms with van der Waals surface area (Å²) in [5.74, 6) is 0.415. The SMILES string of the molecule is Cc1cc(CC(=O)NCc2csc(-c3cnccn3)n2)on1. The highest BCUT2D eigenvalue weighted by Crippen LogP contribution is 2.20. The van der Waals surface area contributed by atoms with Crippen molar-refractivity contribution in [1.82, 2.24) is 25.4 Å². The summed E-state index contributed by atoms with van der Waals surface area (Å²) in [6.07, 6.45) is 5.07. The molecule has 3 heterocycles. The predicted molar refractivity (Wildman–Crippen MR) is 79.9 cm³/mol. The Labute approximate surface area is 130 Å². The smallest absolute Gasteiger partial charge is 0.228 e. The van der Waals surface area contributed by atoms with E-state index in [0.29, 0.717) is 12.3 Å². The topological polar surface area (TPSA) is 93.8 Å². The van der Waals surface area contributed by atoms with Gasteiger partial charge in [-0.25, -0.2) is 4.98 Å². The van der Waals surface area contributed by atoms with Crippen LogP contribution in [0.1, 0.15) is 17.1 Å².